The Balaban J connectivity index is 2.15. The lowest BCUT2D eigenvalue weighted by atomic mass is 10.1. The fraction of sp³-hybridized carbons (Fsp3) is 0. The van der Waals surface area contributed by atoms with Crippen molar-refractivity contribution >= 4 is 38.2 Å². The van der Waals surface area contributed by atoms with Crippen LogP contribution < -0.4 is 11.1 Å². The second-order valence-corrected chi connectivity index (χ2v) is 6.76. The molecular weight excluding hydrogens is 344 g/mol. The molecule has 0 aliphatic carbocycles. The molecule has 128 valence electrons. The number of amides is 1. The van der Waals surface area contributed by atoms with Crippen LogP contribution in [0.3, 0.4) is 0 Å². The smallest absolute Gasteiger partial charge is 0.296 e. The van der Waals surface area contributed by atoms with Crippen LogP contribution in [0.25, 0.3) is 10.8 Å². The zero-order valence-corrected chi connectivity index (χ0v) is 13.6. The van der Waals surface area contributed by atoms with Gasteiger partial charge in [-0.15, -0.1) is 0 Å². The number of benzene rings is 3. The molecule has 3 aromatic carbocycles. The number of nitrogens with one attached hydrogen (secondary N) is 1. The molecular formula is C17H14N2O5S. The summed E-state index contributed by atoms with van der Waals surface area (Å²) in [5.41, 5.74) is 5.85. The van der Waals surface area contributed by atoms with Crippen LogP contribution in [0.1, 0.15) is 10.4 Å². The molecule has 0 aliphatic rings. The topological polar surface area (TPSA) is 130 Å². The van der Waals surface area contributed by atoms with E-state index in [4.69, 9.17) is 5.73 Å². The van der Waals surface area contributed by atoms with Crippen LogP contribution >= 0.6 is 0 Å². The number of anilines is 2. The first-order valence-corrected chi connectivity index (χ1v) is 8.60. The van der Waals surface area contributed by atoms with Gasteiger partial charge in [0.15, 0.2) is 0 Å². The molecule has 1 amide bonds. The predicted molar refractivity (Wildman–Crippen MR) is 94.2 cm³/mol. The van der Waals surface area contributed by atoms with Crippen molar-refractivity contribution in [3.8, 4) is 5.75 Å². The number of phenols is 1. The van der Waals surface area contributed by atoms with Gasteiger partial charge in [0, 0.05) is 16.6 Å². The third-order valence-corrected chi connectivity index (χ3v) is 4.55. The van der Waals surface area contributed by atoms with E-state index in [-0.39, 0.29) is 11.3 Å². The molecule has 0 unspecified atom stereocenters. The Morgan fingerprint density at radius 3 is 2.32 bits per heavy atom. The van der Waals surface area contributed by atoms with E-state index >= 15 is 0 Å². The maximum absolute atomic E-state index is 12.4. The highest BCUT2D eigenvalue weighted by atomic mass is 32.2. The number of carbonyl (C=O) groups is 1. The highest BCUT2D eigenvalue weighted by molar-refractivity contribution is 7.86. The summed E-state index contributed by atoms with van der Waals surface area (Å²) in [5.74, 6) is -1.11. The summed E-state index contributed by atoms with van der Waals surface area (Å²) >= 11 is 0. The Hall–Kier alpha value is -3.10. The third kappa shape index (κ3) is 3.25. The van der Waals surface area contributed by atoms with Gasteiger partial charge in [-0.05, 0) is 35.7 Å². The van der Waals surface area contributed by atoms with Crippen molar-refractivity contribution in [3.63, 3.8) is 0 Å². The largest absolute Gasteiger partial charge is 0.505 e. The molecule has 3 aromatic rings. The average Bonchev–Trinajstić information content (AvgIpc) is 2.57. The lowest BCUT2D eigenvalue weighted by Crippen LogP contribution is -2.15. The van der Waals surface area contributed by atoms with Gasteiger partial charge in [-0.2, -0.15) is 8.42 Å². The zero-order valence-electron chi connectivity index (χ0n) is 12.8. The minimum atomic E-state index is -4.68. The fourth-order valence-electron chi connectivity index (χ4n) is 2.45. The Bertz CT molecular complexity index is 1080. The molecule has 7 nitrogen and oxygen atoms in total. The number of hydrogen-bond donors (Lipinski definition) is 4. The van der Waals surface area contributed by atoms with Gasteiger partial charge in [0.2, 0.25) is 0 Å². The summed E-state index contributed by atoms with van der Waals surface area (Å²) in [6.07, 6.45) is 0. The monoisotopic (exact) mass is 358 g/mol. The van der Waals surface area contributed by atoms with Crippen LogP contribution in [0.4, 0.5) is 11.4 Å². The lowest BCUT2D eigenvalue weighted by Gasteiger charge is -2.14. The van der Waals surface area contributed by atoms with Crippen molar-refractivity contribution in [1.82, 2.24) is 0 Å². The maximum atomic E-state index is 12.4. The molecule has 0 spiro atoms. The molecule has 0 atom stereocenters. The Labute approximate surface area is 143 Å². The van der Waals surface area contributed by atoms with Crippen LogP contribution in [0.2, 0.25) is 0 Å². The standard InChI is InChI=1S/C17H14N2O5S/c18-12-7-5-10(6-8-12)17(21)19-15-14(25(22,23)24)9-11-3-1-2-4-13(11)16(15)20/h1-9,20H,18H2,(H,19,21)(H,22,23,24). The van der Waals surface area contributed by atoms with E-state index in [1.165, 1.54) is 30.3 Å². The van der Waals surface area contributed by atoms with Crippen molar-refractivity contribution in [2.24, 2.45) is 0 Å². The van der Waals surface area contributed by atoms with Gasteiger partial charge in [0.25, 0.3) is 16.0 Å². The maximum Gasteiger partial charge on any atom is 0.296 e. The number of carbonyl (C=O) groups excluding carboxylic acids is 1. The molecule has 8 heteroatoms. The highest BCUT2D eigenvalue weighted by Crippen LogP contribution is 2.38. The first-order valence-electron chi connectivity index (χ1n) is 7.16. The van der Waals surface area contributed by atoms with Crippen LogP contribution in [-0.2, 0) is 10.1 Å². The van der Waals surface area contributed by atoms with E-state index in [0.29, 0.717) is 16.5 Å². The molecule has 0 aliphatic heterocycles. The number of hydrogen-bond acceptors (Lipinski definition) is 5. The van der Waals surface area contributed by atoms with E-state index in [2.05, 4.69) is 5.32 Å². The van der Waals surface area contributed by atoms with Crippen LogP contribution in [0.5, 0.6) is 5.75 Å². The van der Waals surface area contributed by atoms with E-state index in [1.807, 2.05) is 0 Å². The van der Waals surface area contributed by atoms with Crippen molar-refractivity contribution in [2.45, 2.75) is 4.90 Å². The summed E-state index contributed by atoms with van der Waals surface area (Å²) in [5, 5.41) is 13.5. The first kappa shape index (κ1) is 16.7. The normalized spacial score (nSPS) is 11.4. The first-order chi connectivity index (χ1) is 11.8. The molecule has 0 fully saturated rings. The molecule has 3 rings (SSSR count). The van der Waals surface area contributed by atoms with Crippen molar-refractivity contribution in [1.29, 1.82) is 0 Å². The van der Waals surface area contributed by atoms with Crippen molar-refractivity contribution in [2.75, 3.05) is 11.1 Å². The number of rotatable bonds is 3. The van der Waals surface area contributed by atoms with Gasteiger partial charge in [-0.1, -0.05) is 24.3 Å². The second kappa shape index (κ2) is 6.08. The number of nitrogen functional groups attached to an aromatic ring is 1. The second-order valence-electron chi connectivity index (χ2n) is 5.37. The van der Waals surface area contributed by atoms with Gasteiger partial charge in [0.05, 0.1) is 0 Å². The van der Waals surface area contributed by atoms with Crippen LogP contribution in [0, 0.1) is 0 Å². The zero-order chi connectivity index (χ0) is 18.2. The summed E-state index contributed by atoms with van der Waals surface area (Å²) < 4.78 is 32.8. The van der Waals surface area contributed by atoms with Crippen LogP contribution in [-0.4, -0.2) is 24.0 Å². The molecule has 5 N–H and O–H groups in total. The highest BCUT2D eigenvalue weighted by Gasteiger charge is 2.23. The minimum Gasteiger partial charge on any atom is -0.505 e. The average molecular weight is 358 g/mol. The van der Waals surface area contributed by atoms with E-state index < -0.39 is 26.7 Å². The van der Waals surface area contributed by atoms with E-state index in [1.54, 1.807) is 24.3 Å². The molecule has 0 heterocycles. The quantitative estimate of drug-likeness (QED) is 0.323. The number of phenolic OH excluding ortho intramolecular Hbond substituents is 1. The summed E-state index contributed by atoms with van der Waals surface area (Å²) in [6, 6.07) is 13.6. The number of aromatic hydroxyl groups is 1. The van der Waals surface area contributed by atoms with E-state index in [0.717, 1.165) is 0 Å². The number of nitrogens with two attached hydrogens (primary N) is 1. The van der Waals surface area contributed by atoms with Gasteiger partial charge < -0.3 is 16.2 Å². The Morgan fingerprint density at radius 1 is 1.04 bits per heavy atom. The number of fused-ring (bicyclic) bond motifs is 1. The van der Waals surface area contributed by atoms with Gasteiger partial charge in [-0.3, -0.25) is 9.35 Å². The van der Waals surface area contributed by atoms with Gasteiger partial charge in [0.1, 0.15) is 16.3 Å². The molecule has 0 bridgehead atoms. The molecule has 0 radical (unpaired) electrons. The van der Waals surface area contributed by atoms with Gasteiger partial charge in [-0.25, -0.2) is 0 Å². The minimum absolute atomic E-state index is 0.211. The van der Waals surface area contributed by atoms with Crippen LogP contribution in [0.15, 0.2) is 59.5 Å². The summed E-state index contributed by atoms with van der Waals surface area (Å²) in [4.78, 5) is 11.8. The van der Waals surface area contributed by atoms with Crippen molar-refractivity contribution in [3.05, 3.63) is 60.2 Å². The van der Waals surface area contributed by atoms with Gasteiger partial charge >= 0.3 is 0 Å². The molecule has 0 saturated carbocycles. The Kier molecular flexibility index (Phi) is 4.07. The van der Waals surface area contributed by atoms with E-state index in [9.17, 15) is 22.9 Å². The lowest BCUT2D eigenvalue weighted by molar-refractivity contribution is 0.102. The SMILES string of the molecule is Nc1ccc(C(=O)Nc2c(S(=O)(=O)O)cc3ccccc3c2O)cc1. The Morgan fingerprint density at radius 2 is 1.68 bits per heavy atom. The van der Waals surface area contributed by atoms with Crippen molar-refractivity contribution < 1.29 is 22.9 Å². The molecule has 25 heavy (non-hydrogen) atoms. The summed E-state index contributed by atoms with van der Waals surface area (Å²) in [7, 11) is -4.68. The molecule has 0 saturated heterocycles. The fourth-order valence-corrected chi connectivity index (χ4v) is 3.13. The molecule has 0 aromatic heterocycles. The third-order valence-electron chi connectivity index (χ3n) is 3.68. The predicted octanol–water partition coefficient (Wildman–Crippen LogP) is 2.63. The summed E-state index contributed by atoms with van der Waals surface area (Å²) in [6.45, 7) is 0.